The largest absolute Gasteiger partial charge is 0.381 e. The first-order chi connectivity index (χ1) is 11.2. The summed E-state index contributed by atoms with van der Waals surface area (Å²) in [6.45, 7) is 3.12. The van der Waals surface area contributed by atoms with Crippen LogP contribution in [-0.2, 0) is 16.1 Å². The fourth-order valence-electron chi connectivity index (χ4n) is 3.63. The molecular formula is C16H19N3O3S. The average molecular weight is 333 g/mol. The molecule has 0 bridgehead atoms. The molecule has 7 heteroatoms. The van der Waals surface area contributed by atoms with Gasteiger partial charge in [0, 0.05) is 25.1 Å². The van der Waals surface area contributed by atoms with E-state index in [-0.39, 0.29) is 23.4 Å². The number of hydrogen-bond donors (Lipinski definition) is 0. The fraction of sp³-hybridized carbons (Fsp3) is 0.562. The lowest BCUT2D eigenvalue weighted by Gasteiger charge is -2.39. The molecule has 2 aromatic rings. The third-order valence-corrected chi connectivity index (χ3v) is 5.83. The summed E-state index contributed by atoms with van der Waals surface area (Å²) in [6.07, 6.45) is 4.64. The molecule has 2 aromatic heterocycles. The lowest BCUT2D eigenvalue weighted by atomic mass is 9.79. The number of aromatic nitrogens is 2. The van der Waals surface area contributed by atoms with Crippen molar-refractivity contribution in [3.8, 4) is 0 Å². The zero-order valence-electron chi connectivity index (χ0n) is 12.9. The normalized spacial score (nSPS) is 24.6. The Kier molecular flexibility index (Phi) is 3.69. The van der Waals surface area contributed by atoms with Gasteiger partial charge in [0.25, 0.3) is 5.56 Å². The number of nitrogens with zero attached hydrogens (tertiary/aromatic N) is 3. The second kappa shape index (κ2) is 5.72. The molecule has 122 valence electrons. The predicted octanol–water partition coefficient (Wildman–Crippen LogP) is 1.49. The van der Waals surface area contributed by atoms with Crippen LogP contribution in [0.4, 0.5) is 0 Å². The number of rotatable bonds is 2. The Labute approximate surface area is 137 Å². The topological polar surface area (TPSA) is 64.4 Å². The fourth-order valence-corrected chi connectivity index (χ4v) is 4.42. The Bertz CT molecular complexity index is 791. The molecule has 0 aromatic carbocycles. The van der Waals surface area contributed by atoms with Gasteiger partial charge in [-0.25, -0.2) is 4.98 Å². The van der Waals surface area contributed by atoms with E-state index in [9.17, 15) is 9.59 Å². The second-order valence-electron chi connectivity index (χ2n) is 6.53. The van der Waals surface area contributed by atoms with Crippen molar-refractivity contribution in [2.45, 2.75) is 25.8 Å². The molecule has 0 aliphatic carbocycles. The lowest BCUT2D eigenvalue weighted by Crippen LogP contribution is -2.48. The molecular weight excluding hydrogens is 314 g/mol. The highest BCUT2D eigenvalue weighted by Crippen LogP contribution is 2.37. The summed E-state index contributed by atoms with van der Waals surface area (Å²) in [7, 11) is 0. The minimum Gasteiger partial charge on any atom is -0.381 e. The summed E-state index contributed by atoms with van der Waals surface area (Å²) in [4.78, 5) is 31.2. The van der Waals surface area contributed by atoms with Gasteiger partial charge in [-0.15, -0.1) is 11.3 Å². The lowest BCUT2D eigenvalue weighted by molar-refractivity contribution is -0.135. The minimum atomic E-state index is -0.130. The van der Waals surface area contributed by atoms with Gasteiger partial charge in [0.2, 0.25) is 5.91 Å². The van der Waals surface area contributed by atoms with Crippen molar-refractivity contribution >= 4 is 27.5 Å². The molecule has 1 unspecified atom stereocenters. The van der Waals surface area contributed by atoms with Crippen molar-refractivity contribution in [2.24, 2.45) is 5.41 Å². The van der Waals surface area contributed by atoms with Crippen molar-refractivity contribution in [2.75, 3.05) is 26.3 Å². The third-order valence-electron chi connectivity index (χ3n) is 4.94. The van der Waals surface area contributed by atoms with Gasteiger partial charge in [-0.1, -0.05) is 0 Å². The van der Waals surface area contributed by atoms with Gasteiger partial charge in [0.05, 0.1) is 18.5 Å². The summed E-state index contributed by atoms with van der Waals surface area (Å²) in [6, 6.07) is 1.82. The van der Waals surface area contributed by atoms with E-state index in [0.717, 1.165) is 45.6 Å². The highest BCUT2D eigenvalue weighted by Gasteiger charge is 2.40. The highest BCUT2D eigenvalue weighted by atomic mass is 32.1. The molecule has 6 nitrogen and oxygen atoms in total. The maximum atomic E-state index is 12.6. The average Bonchev–Trinajstić information content (AvgIpc) is 3.20. The van der Waals surface area contributed by atoms with E-state index in [2.05, 4.69) is 4.98 Å². The number of carbonyl (C=O) groups is 1. The molecule has 4 heterocycles. The van der Waals surface area contributed by atoms with E-state index in [4.69, 9.17) is 4.74 Å². The molecule has 2 aliphatic heterocycles. The van der Waals surface area contributed by atoms with E-state index in [1.54, 1.807) is 0 Å². The smallest absolute Gasteiger partial charge is 0.271 e. The Morgan fingerprint density at radius 1 is 1.43 bits per heavy atom. The molecule has 4 rings (SSSR count). The van der Waals surface area contributed by atoms with Crippen LogP contribution in [0.2, 0.25) is 0 Å². The molecule has 1 spiro atoms. The summed E-state index contributed by atoms with van der Waals surface area (Å²) in [5, 5.41) is 1.85. The molecule has 0 radical (unpaired) electrons. The SMILES string of the molecule is O=C(Cn1cnc2ccsc2c1=O)N1CCCC2(CCOC2)C1. The quantitative estimate of drug-likeness (QED) is 0.835. The molecule has 0 N–H and O–H groups in total. The van der Waals surface area contributed by atoms with Gasteiger partial charge < -0.3 is 9.64 Å². The Hall–Kier alpha value is -1.73. The van der Waals surface area contributed by atoms with Crippen LogP contribution in [0.15, 0.2) is 22.6 Å². The summed E-state index contributed by atoms with van der Waals surface area (Å²) >= 11 is 1.37. The summed E-state index contributed by atoms with van der Waals surface area (Å²) in [5.74, 6) is -0.00391. The van der Waals surface area contributed by atoms with Crippen molar-refractivity contribution < 1.29 is 9.53 Å². The predicted molar refractivity (Wildman–Crippen MR) is 87.6 cm³/mol. The van der Waals surface area contributed by atoms with Gasteiger partial charge in [-0.05, 0) is 30.7 Å². The van der Waals surface area contributed by atoms with Crippen LogP contribution in [0.5, 0.6) is 0 Å². The van der Waals surface area contributed by atoms with Gasteiger partial charge in [0.15, 0.2) is 0 Å². The number of piperidine rings is 1. The first kappa shape index (κ1) is 14.8. The van der Waals surface area contributed by atoms with Crippen molar-refractivity contribution in [1.29, 1.82) is 0 Å². The first-order valence-electron chi connectivity index (χ1n) is 7.95. The van der Waals surface area contributed by atoms with E-state index in [1.807, 2.05) is 16.3 Å². The molecule has 0 saturated carbocycles. The van der Waals surface area contributed by atoms with Crippen LogP contribution in [0.3, 0.4) is 0 Å². The minimum absolute atomic E-state index is 0.00391. The number of ether oxygens (including phenoxy) is 1. The monoisotopic (exact) mass is 333 g/mol. The third kappa shape index (κ3) is 2.68. The number of amides is 1. The Balaban J connectivity index is 1.52. The zero-order valence-corrected chi connectivity index (χ0v) is 13.7. The van der Waals surface area contributed by atoms with Crippen LogP contribution in [0.1, 0.15) is 19.3 Å². The molecule has 2 saturated heterocycles. The van der Waals surface area contributed by atoms with Crippen molar-refractivity contribution in [3.63, 3.8) is 0 Å². The number of fused-ring (bicyclic) bond motifs is 1. The number of carbonyl (C=O) groups excluding carboxylic acids is 1. The molecule has 1 amide bonds. The van der Waals surface area contributed by atoms with Crippen LogP contribution >= 0.6 is 11.3 Å². The van der Waals surface area contributed by atoms with Crippen LogP contribution < -0.4 is 5.56 Å². The van der Waals surface area contributed by atoms with E-state index in [0.29, 0.717) is 10.2 Å². The van der Waals surface area contributed by atoms with Crippen LogP contribution in [0, 0.1) is 5.41 Å². The molecule has 1 atom stereocenters. The highest BCUT2D eigenvalue weighted by molar-refractivity contribution is 7.17. The standard InChI is InChI=1S/C16H19N3O3S/c20-13(18-5-1-3-16(9-18)4-6-22-10-16)8-19-11-17-12-2-7-23-14(12)15(19)21/h2,7,11H,1,3-6,8-10H2. The van der Waals surface area contributed by atoms with Gasteiger partial charge in [-0.3, -0.25) is 14.2 Å². The van der Waals surface area contributed by atoms with Crippen molar-refractivity contribution in [1.82, 2.24) is 14.5 Å². The van der Waals surface area contributed by atoms with E-state index in [1.165, 1.54) is 22.2 Å². The van der Waals surface area contributed by atoms with Crippen molar-refractivity contribution in [3.05, 3.63) is 28.1 Å². The Morgan fingerprint density at radius 2 is 2.35 bits per heavy atom. The zero-order chi connectivity index (χ0) is 15.9. The number of hydrogen-bond acceptors (Lipinski definition) is 5. The second-order valence-corrected chi connectivity index (χ2v) is 7.45. The maximum Gasteiger partial charge on any atom is 0.271 e. The van der Waals surface area contributed by atoms with Gasteiger partial charge in [0.1, 0.15) is 11.2 Å². The summed E-state index contributed by atoms with van der Waals surface area (Å²) < 4.78 is 7.58. The maximum absolute atomic E-state index is 12.6. The van der Waals surface area contributed by atoms with Gasteiger partial charge >= 0.3 is 0 Å². The summed E-state index contributed by atoms with van der Waals surface area (Å²) in [5.41, 5.74) is 0.701. The van der Waals surface area contributed by atoms with E-state index >= 15 is 0 Å². The van der Waals surface area contributed by atoms with E-state index < -0.39 is 0 Å². The molecule has 2 fully saturated rings. The first-order valence-corrected chi connectivity index (χ1v) is 8.83. The van der Waals surface area contributed by atoms with Crippen LogP contribution in [-0.4, -0.2) is 46.7 Å². The number of thiophene rings is 1. The molecule has 2 aliphatic rings. The van der Waals surface area contributed by atoms with Gasteiger partial charge in [-0.2, -0.15) is 0 Å². The Morgan fingerprint density at radius 3 is 3.17 bits per heavy atom. The number of likely N-dealkylation sites (tertiary alicyclic amines) is 1. The van der Waals surface area contributed by atoms with Crippen LogP contribution in [0.25, 0.3) is 10.2 Å². The molecule has 23 heavy (non-hydrogen) atoms.